The SMILES string of the molecule is Cc1cc(NC(=O)CSCC(=O)OCC(=O)Nc2c(Cl)cccc2C(F)(F)F)no1. The molecule has 13 heteroatoms. The lowest BCUT2D eigenvalue weighted by molar-refractivity contribution is -0.144. The lowest BCUT2D eigenvalue weighted by Gasteiger charge is -2.15. The molecule has 0 radical (unpaired) electrons. The highest BCUT2D eigenvalue weighted by molar-refractivity contribution is 8.00. The van der Waals surface area contributed by atoms with E-state index in [4.69, 9.17) is 16.1 Å². The molecule has 2 rings (SSSR count). The van der Waals surface area contributed by atoms with Gasteiger partial charge in [0, 0.05) is 6.07 Å². The zero-order valence-electron chi connectivity index (χ0n) is 15.3. The number of para-hydroxylation sites is 1. The summed E-state index contributed by atoms with van der Waals surface area (Å²) in [5.74, 6) is -1.85. The molecule has 0 aliphatic heterocycles. The van der Waals surface area contributed by atoms with Crippen LogP contribution in [0.2, 0.25) is 5.02 Å². The third kappa shape index (κ3) is 7.26. The number of esters is 1. The van der Waals surface area contributed by atoms with Crippen LogP contribution in [0.5, 0.6) is 0 Å². The van der Waals surface area contributed by atoms with E-state index < -0.39 is 41.8 Å². The molecule has 2 N–H and O–H groups in total. The van der Waals surface area contributed by atoms with Crippen molar-refractivity contribution in [2.75, 3.05) is 28.7 Å². The quantitative estimate of drug-likeness (QED) is 0.574. The van der Waals surface area contributed by atoms with Crippen LogP contribution in [0.1, 0.15) is 11.3 Å². The summed E-state index contributed by atoms with van der Waals surface area (Å²) in [5.41, 5.74) is -1.75. The Morgan fingerprint density at radius 3 is 2.57 bits per heavy atom. The van der Waals surface area contributed by atoms with Crippen LogP contribution < -0.4 is 10.6 Å². The Morgan fingerprint density at radius 1 is 1.20 bits per heavy atom. The summed E-state index contributed by atoms with van der Waals surface area (Å²) in [6.07, 6.45) is -4.73. The van der Waals surface area contributed by atoms with Gasteiger partial charge >= 0.3 is 12.1 Å². The van der Waals surface area contributed by atoms with Crippen LogP contribution in [0.3, 0.4) is 0 Å². The van der Waals surface area contributed by atoms with E-state index in [9.17, 15) is 27.6 Å². The number of carbonyl (C=O) groups excluding carboxylic acids is 3. The van der Waals surface area contributed by atoms with E-state index in [0.717, 1.165) is 23.9 Å². The van der Waals surface area contributed by atoms with Crippen LogP contribution in [-0.2, 0) is 25.3 Å². The number of hydrogen-bond acceptors (Lipinski definition) is 7. The first-order valence-corrected chi connectivity index (χ1v) is 9.71. The molecule has 0 saturated heterocycles. The number of anilines is 2. The molecule has 0 unspecified atom stereocenters. The van der Waals surface area contributed by atoms with Gasteiger partial charge in [-0.3, -0.25) is 14.4 Å². The predicted molar refractivity (Wildman–Crippen MR) is 103 cm³/mol. The standard InChI is InChI=1S/C17H15ClF3N3O5S/c1-9-5-12(24-29-9)22-14(26)7-30-8-15(27)28-6-13(25)23-16-10(17(19,20)21)3-2-4-11(16)18/h2-5H,6-8H2,1H3,(H,23,25)(H,22,24,26). The zero-order valence-corrected chi connectivity index (χ0v) is 16.9. The van der Waals surface area contributed by atoms with Gasteiger partial charge in [0.05, 0.1) is 27.8 Å². The van der Waals surface area contributed by atoms with Gasteiger partial charge in [-0.15, -0.1) is 11.8 Å². The zero-order chi connectivity index (χ0) is 22.3. The lowest BCUT2D eigenvalue weighted by Crippen LogP contribution is -2.24. The first-order valence-electron chi connectivity index (χ1n) is 8.18. The number of nitrogens with zero attached hydrogens (tertiary/aromatic N) is 1. The minimum absolute atomic E-state index is 0.0955. The second-order valence-electron chi connectivity index (χ2n) is 5.73. The van der Waals surface area contributed by atoms with Crippen molar-refractivity contribution in [2.45, 2.75) is 13.1 Å². The first-order chi connectivity index (χ1) is 14.1. The van der Waals surface area contributed by atoms with Gasteiger partial charge in [0.1, 0.15) is 5.76 Å². The molecule has 0 aliphatic rings. The summed E-state index contributed by atoms with van der Waals surface area (Å²) < 4.78 is 48.5. The third-order valence-electron chi connectivity index (χ3n) is 3.30. The highest BCUT2D eigenvalue weighted by atomic mass is 35.5. The van der Waals surface area contributed by atoms with Crippen LogP contribution in [-0.4, -0.2) is 41.1 Å². The van der Waals surface area contributed by atoms with Gasteiger partial charge in [-0.2, -0.15) is 13.2 Å². The van der Waals surface area contributed by atoms with Crippen LogP contribution in [0.15, 0.2) is 28.8 Å². The molecular formula is C17H15ClF3N3O5S. The topological polar surface area (TPSA) is 111 Å². The molecule has 1 heterocycles. The van der Waals surface area contributed by atoms with E-state index in [0.29, 0.717) is 5.76 Å². The average Bonchev–Trinajstić information content (AvgIpc) is 3.05. The fraction of sp³-hybridized carbons (Fsp3) is 0.294. The van der Waals surface area contributed by atoms with Gasteiger partial charge in [-0.05, 0) is 19.1 Å². The van der Waals surface area contributed by atoms with Crippen molar-refractivity contribution in [2.24, 2.45) is 0 Å². The van der Waals surface area contributed by atoms with Crippen LogP contribution in [0.25, 0.3) is 0 Å². The summed E-state index contributed by atoms with van der Waals surface area (Å²) in [6, 6.07) is 4.55. The molecule has 162 valence electrons. The summed E-state index contributed by atoms with van der Waals surface area (Å²) in [5, 5.41) is 7.71. The number of ether oxygens (including phenoxy) is 1. The number of nitrogens with one attached hydrogen (secondary N) is 2. The van der Waals surface area contributed by atoms with Crippen molar-refractivity contribution in [1.82, 2.24) is 5.16 Å². The van der Waals surface area contributed by atoms with Crippen molar-refractivity contribution in [3.8, 4) is 0 Å². The van der Waals surface area contributed by atoms with Gasteiger partial charge in [0.15, 0.2) is 12.4 Å². The van der Waals surface area contributed by atoms with Gasteiger partial charge in [-0.1, -0.05) is 22.8 Å². The number of benzene rings is 1. The minimum atomic E-state index is -4.73. The summed E-state index contributed by atoms with van der Waals surface area (Å²) in [6.45, 7) is 0.839. The van der Waals surface area contributed by atoms with E-state index in [2.05, 4.69) is 15.2 Å². The molecule has 30 heavy (non-hydrogen) atoms. The Kier molecular flexibility index (Phi) is 8.12. The third-order valence-corrected chi connectivity index (χ3v) is 4.52. The second kappa shape index (κ2) is 10.3. The molecule has 0 spiro atoms. The average molecular weight is 466 g/mol. The van der Waals surface area contributed by atoms with E-state index >= 15 is 0 Å². The van der Waals surface area contributed by atoms with Gasteiger partial charge in [-0.25, -0.2) is 0 Å². The first kappa shape index (κ1) is 23.5. The number of halogens is 4. The largest absolute Gasteiger partial charge is 0.455 e. The highest BCUT2D eigenvalue weighted by Gasteiger charge is 2.34. The Bertz CT molecular complexity index is 936. The van der Waals surface area contributed by atoms with Crippen LogP contribution in [0.4, 0.5) is 24.7 Å². The molecule has 0 fully saturated rings. The Labute approximate surface area is 177 Å². The minimum Gasteiger partial charge on any atom is -0.455 e. The van der Waals surface area contributed by atoms with Crippen molar-refractivity contribution in [3.05, 3.63) is 40.6 Å². The monoisotopic (exact) mass is 465 g/mol. The smallest absolute Gasteiger partial charge is 0.418 e. The van der Waals surface area contributed by atoms with Crippen LogP contribution >= 0.6 is 23.4 Å². The molecule has 0 aliphatic carbocycles. The van der Waals surface area contributed by atoms with Gasteiger partial charge < -0.3 is 19.9 Å². The Hall–Kier alpha value is -2.73. The van der Waals surface area contributed by atoms with Crippen molar-refractivity contribution in [1.29, 1.82) is 0 Å². The number of rotatable bonds is 8. The number of aryl methyl sites for hydroxylation is 1. The number of hydrogen-bond donors (Lipinski definition) is 2. The van der Waals surface area contributed by atoms with Crippen LogP contribution in [0, 0.1) is 6.92 Å². The number of thioether (sulfide) groups is 1. The van der Waals surface area contributed by atoms with Crippen molar-refractivity contribution >= 4 is 52.7 Å². The van der Waals surface area contributed by atoms with E-state index in [1.165, 1.54) is 12.1 Å². The molecule has 1 aromatic carbocycles. The van der Waals surface area contributed by atoms with E-state index in [1.807, 2.05) is 5.32 Å². The molecule has 0 bridgehead atoms. The summed E-state index contributed by atoms with van der Waals surface area (Å²) in [4.78, 5) is 35.2. The Balaban J connectivity index is 1.75. The Morgan fingerprint density at radius 2 is 1.93 bits per heavy atom. The van der Waals surface area contributed by atoms with Gasteiger partial charge in [0.25, 0.3) is 5.91 Å². The summed E-state index contributed by atoms with van der Waals surface area (Å²) >= 11 is 6.64. The fourth-order valence-electron chi connectivity index (χ4n) is 2.08. The fourth-order valence-corrected chi connectivity index (χ4v) is 2.91. The van der Waals surface area contributed by atoms with Crippen molar-refractivity contribution in [3.63, 3.8) is 0 Å². The maximum Gasteiger partial charge on any atom is 0.418 e. The number of alkyl halides is 3. The predicted octanol–water partition coefficient (Wildman–Crippen LogP) is 3.51. The summed E-state index contributed by atoms with van der Waals surface area (Å²) in [7, 11) is 0. The van der Waals surface area contributed by atoms with E-state index in [1.54, 1.807) is 6.92 Å². The lowest BCUT2D eigenvalue weighted by atomic mass is 10.1. The second-order valence-corrected chi connectivity index (χ2v) is 7.13. The van der Waals surface area contributed by atoms with E-state index in [-0.39, 0.29) is 22.3 Å². The molecule has 0 saturated carbocycles. The number of carbonyl (C=O) groups is 3. The molecular weight excluding hydrogens is 451 g/mol. The maximum atomic E-state index is 13.0. The highest BCUT2D eigenvalue weighted by Crippen LogP contribution is 2.38. The maximum absolute atomic E-state index is 13.0. The normalized spacial score (nSPS) is 11.1. The van der Waals surface area contributed by atoms with Crippen molar-refractivity contribution < 1.29 is 36.8 Å². The molecule has 2 amide bonds. The number of amides is 2. The molecule has 1 aromatic heterocycles. The molecule has 2 aromatic rings. The molecule has 0 atom stereocenters. The van der Waals surface area contributed by atoms with Gasteiger partial charge in [0.2, 0.25) is 5.91 Å². The molecule has 8 nitrogen and oxygen atoms in total. The number of aromatic nitrogens is 1.